The minimum Gasteiger partial charge on any atom is -0.348 e. The van der Waals surface area contributed by atoms with Gasteiger partial charge in [0, 0.05) is 30.6 Å². The van der Waals surface area contributed by atoms with Crippen molar-refractivity contribution in [1.29, 1.82) is 0 Å². The monoisotopic (exact) mass is 309 g/mol. The summed E-state index contributed by atoms with van der Waals surface area (Å²) < 4.78 is 0. The van der Waals surface area contributed by atoms with E-state index in [2.05, 4.69) is 44.8 Å². The van der Waals surface area contributed by atoms with Crippen molar-refractivity contribution in [3.05, 3.63) is 10.6 Å². The zero-order valence-electron chi connectivity index (χ0n) is 14.3. The van der Waals surface area contributed by atoms with E-state index in [0.29, 0.717) is 12.0 Å². The van der Waals surface area contributed by atoms with Gasteiger partial charge in [-0.25, -0.2) is 4.98 Å². The number of rotatable bonds is 8. The van der Waals surface area contributed by atoms with Crippen molar-refractivity contribution in [1.82, 2.24) is 10.3 Å². The molecule has 1 heterocycles. The number of thiazole rings is 1. The lowest BCUT2D eigenvalue weighted by molar-refractivity contribution is 0.318. The Kier molecular flexibility index (Phi) is 6.06. The largest absolute Gasteiger partial charge is 0.348 e. The molecule has 120 valence electrons. The van der Waals surface area contributed by atoms with E-state index < -0.39 is 0 Å². The molecule has 1 aliphatic carbocycles. The molecule has 0 aliphatic heterocycles. The highest BCUT2D eigenvalue weighted by molar-refractivity contribution is 7.15. The molecule has 0 atom stereocenters. The maximum absolute atomic E-state index is 4.97. The third-order valence-corrected chi connectivity index (χ3v) is 5.42. The third kappa shape index (κ3) is 4.43. The average Bonchev–Trinajstić information content (AvgIpc) is 2.79. The van der Waals surface area contributed by atoms with E-state index in [9.17, 15) is 0 Å². The zero-order chi connectivity index (χ0) is 15.4. The molecule has 2 rings (SSSR count). The van der Waals surface area contributed by atoms with Gasteiger partial charge in [0.2, 0.25) is 0 Å². The van der Waals surface area contributed by atoms with E-state index in [-0.39, 0.29) is 0 Å². The standard InChI is InChI=1S/C17H31N3S/c1-6-20(11-14-8-7-9-14)17-19-16(12(2)3)15(21-17)10-18-13(4)5/h12-14,18H,6-11H2,1-5H3. The maximum Gasteiger partial charge on any atom is 0.185 e. The predicted octanol–water partition coefficient (Wildman–Crippen LogP) is 4.39. The summed E-state index contributed by atoms with van der Waals surface area (Å²) in [6.07, 6.45) is 4.22. The first-order chi connectivity index (χ1) is 10.0. The van der Waals surface area contributed by atoms with Crippen molar-refractivity contribution in [3.8, 4) is 0 Å². The average molecular weight is 310 g/mol. The van der Waals surface area contributed by atoms with Gasteiger partial charge in [-0.2, -0.15) is 0 Å². The Hall–Kier alpha value is -0.610. The summed E-state index contributed by atoms with van der Waals surface area (Å²) in [5, 5.41) is 4.77. The third-order valence-electron chi connectivity index (χ3n) is 4.29. The minimum atomic E-state index is 0.501. The molecule has 1 saturated carbocycles. The Morgan fingerprint density at radius 1 is 1.29 bits per heavy atom. The van der Waals surface area contributed by atoms with Crippen LogP contribution in [0, 0.1) is 5.92 Å². The lowest BCUT2D eigenvalue weighted by Crippen LogP contribution is -2.32. The van der Waals surface area contributed by atoms with E-state index in [0.717, 1.165) is 19.0 Å². The summed E-state index contributed by atoms with van der Waals surface area (Å²) in [6.45, 7) is 14.4. The summed E-state index contributed by atoms with van der Waals surface area (Å²) in [7, 11) is 0. The SMILES string of the molecule is CCN(CC1CCC1)c1nc(C(C)C)c(CNC(C)C)s1. The van der Waals surface area contributed by atoms with Gasteiger partial charge in [-0.15, -0.1) is 11.3 Å². The summed E-state index contributed by atoms with van der Waals surface area (Å²) >= 11 is 1.89. The van der Waals surface area contributed by atoms with Crippen molar-refractivity contribution < 1.29 is 0 Å². The summed E-state index contributed by atoms with van der Waals surface area (Å²) in [4.78, 5) is 8.88. The van der Waals surface area contributed by atoms with Crippen LogP contribution in [-0.4, -0.2) is 24.1 Å². The number of anilines is 1. The van der Waals surface area contributed by atoms with Crippen LogP contribution in [0.1, 0.15) is 70.4 Å². The van der Waals surface area contributed by atoms with Crippen molar-refractivity contribution in [2.24, 2.45) is 5.92 Å². The molecule has 0 unspecified atom stereocenters. The molecule has 1 N–H and O–H groups in total. The van der Waals surface area contributed by atoms with Crippen molar-refractivity contribution in [2.75, 3.05) is 18.0 Å². The second kappa shape index (κ2) is 7.59. The second-order valence-corrected chi connectivity index (χ2v) is 7.89. The zero-order valence-corrected chi connectivity index (χ0v) is 15.1. The van der Waals surface area contributed by atoms with Crippen LogP contribution in [0.25, 0.3) is 0 Å². The first-order valence-electron chi connectivity index (χ1n) is 8.49. The highest BCUT2D eigenvalue weighted by Gasteiger charge is 2.23. The Balaban J connectivity index is 2.11. The van der Waals surface area contributed by atoms with Crippen LogP contribution in [-0.2, 0) is 6.54 Å². The fraction of sp³-hybridized carbons (Fsp3) is 0.824. The van der Waals surface area contributed by atoms with Crippen LogP contribution in [0.4, 0.5) is 5.13 Å². The Labute approximate surface area is 134 Å². The molecule has 1 aromatic rings. The molecule has 1 aromatic heterocycles. The summed E-state index contributed by atoms with van der Waals surface area (Å²) in [5.41, 5.74) is 1.29. The van der Waals surface area contributed by atoms with Gasteiger partial charge in [-0.05, 0) is 31.6 Å². The molecule has 21 heavy (non-hydrogen) atoms. The topological polar surface area (TPSA) is 28.2 Å². The number of nitrogens with zero attached hydrogens (tertiary/aromatic N) is 2. The van der Waals surface area contributed by atoms with Crippen LogP contribution in [0.2, 0.25) is 0 Å². The van der Waals surface area contributed by atoms with Gasteiger partial charge in [0.05, 0.1) is 5.69 Å². The first kappa shape index (κ1) is 16.8. The predicted molar refractivity (Wildman–Crippen MR) is 93.4 cm³/mol. The van der Waals surface area contributed by atoms with Gasteiger partial charge in [0.15, 0.2) is 5.13 Å². The van der Waals surface area contributed by atoms with E-state index in [1.54, 1.807) is 0 Å². The number of aromatic nitrogens is 1. The quantitative estimate of drug-likeness (QED) is 0.772. The lowest BCUT2D eigenvalue weighted by atomic mass is 9.85. The number of hydrogen-bond acceptors (Lipinski definition) is 4. The molecule has 3 nitrogen and oxygen atoms in total. The van der Waals surface area contributed by atoms with Gasteiger partial charge >= 0.3 is 0 Å². The molecular weight excluding hydrogens is 278 g/mol. The van der Waals surface area contributed by atoms with Crippen LogP contribution < -0.4 is 10.2 Å². The van der Waals surface area contributed by atoms with Gasteiger partial charge in [-0.3, -0.25) is 0 Å². The van der Waals surface area contributed by atoms with Crippen LogP contribution >= 0.6 is 11.3 Å². The van der Waals surface area contributed by atoms with E-state index in [1.165, 1.54) is 41.5 Å². The van der Waals surface area contributed by atoms with Crippen molar-refractivity contribution in [2.45, 2.75) is 72.4 Å². The molecule has 0 saturated heterocycles. The molecule has 1 fully saturated rings. The van der Waals surface area contributed by atoms with E-state index >= 15 is 0 Å². The van der Waals surface area contributed by atoms with Gasteiger partial charge in [0.1, 0.15) is 0 Å². The lowest BCUT2D eigenvalue weighted by Gasteiger charge is -2.31. The molecule has 0 bridgehead atoms. The highest BCUT2D eigenvalue weighted by atomic mass is 32.1. The highest BCUT2D eigenvalue weighted by Crippen LogP contribution is 2.33. The van der Waals surface area contributed by atoms with Crippen LogP contribution in [0.3, 0.4) is 0 Å². The Morgan fingerprint density at radius 2 is 2.00 bits per heavy atom. The molecule has 0 radical (unpaired) electrons. The smallest absolute Gasteiger partial charge is 0.185 e. The molecule has 0 aromatic carbocycles. The Morgan fingerprint density at radius 3 is 2.48 bits per heavy atom. The van der Waals surface area contributed by atoms with Crippen LogP contribution in [0.15, 0.2) is 0 Å². The first-order valence-corrected chi connectivity index (χ1v) is 9.30. The molecule has 0 amide bonds. The maximum atomic E-state index is 4.97. The number of nitrogens with one attached hydrogen (secondary N) is 1. The fourth-order valence-corrected chi connectivity index (χ4v) is 3.93. The normalized spacial score (nSPS) is 15.8. The van der Waals surface area contributed by atoms with E-state index in [4.69, 9.17) is 4.98 Å². The molecule has 0 spiro atoms. The van der Waals surface area contributed by atoms with Gasteiger partial charge < -0.3 is 10.2 Å². The van der Waals surface area contributed by atoms with Gasteiger partial charge in [-0.1, -0.05) is 34.1 Å². The fourth-order valence-electron chi connectivity index (χ4n) is 2.69. The molecule has 1 aliphatic rings. The Bertz CT molecular complexity index is 435. The number of hydrogen-bond donors (Lipinski definition) is 1. The molecule has 4 heteroatoms. The second-order valence-electron chi connectivity index (χ2n) is 6.83. The van der Waals surface area contributed by atoms with Crippen LogP contribution in [0.5, 0.6) is 0 Å². The van der Waals surface area contributed by atoms with Gasteiger partial charge in [0.25, 0.3) is 0 Å². The van der Waals surface area contributed by atoms with E-state index in [1.807, 2.05) is 11.3 Å². The van der Waals surface area contributed by atoms with Crippen molar-refractivity contribution in [3.63, 3.8) is 0 Å². The van der Waals surface area contributed by atoms with Crippen molar-refractivity contribution >= 4 is 16.5 Å². The minimum absolute atomic E-state index is 0.501. The molecular formula is C17H31N3S. The summed E-state index contributed by atoms with van der Waals surface area (Å²) in [6, 6.07) is 0.521. The summed E-state index contributed by atoms with van der Waals surface area (Å²) in [5.74, 6) is 1.40.